The number of thioether (sulfide) groups is 1. The van der Waals surface area contributed by atoms with Crippen LogP contribution >= 0.6 is 23.1 Å². The van der Waals surface area contributed by atoms with Crippen molar-refractivity contribution in [1.82, 2.24) is 15.0 Å². The summed E-state index contributed by atoms with van der Waals surface area (Å²) in [6, 6.07) is 0.543. The quantitative estimate of drug-likeness (QED) is 0.401. The second-order valence-electron chi connectivity index (χ2n) is 8.15. The molecule has 1 atom stereocenters. The fourth-order valence-electron chi connectivity index (χ4n) is 4.95. The van der Waals surface area contributed by atoms with Crippen LogP contribution in [-0.2, 0) is 19.3 Å². The fraction of sp³-hybridized carbons (Fsp3) is 0.591. The maximum atomic E-state index is 5.16. The predicted molar refractivity (Wildman–Crippen MR) is 121 cm³/mol. The Morgan fingerprint density at radius 2 is 1.96 bits per heavy atom. The Kier molecular flexibility index (Phi) is 4.95. The van der Waals surface area contributed by atoms with Crippen molar-refractivity contribution in [2.75, 3.05) is 17.7 Å². The van der Waals surface area contributed by atoms with Gasteiger partial charge in [-0.1, -0.05) is 25.1 Å². The minimum atomic E-state index is 0.543. The molecule has 3 aromatic rings. The summed E-state index contributed by atoms with van der Waals surface area (Å²) < 4.78 is 1.25. The van der Waals surface area contributed by atoms with Gasteiger partial charge in [0, 0.05) is 23.7 Å². The van der Waals surface area contributed by atoms with E-state index in [0.717, 1.165) is 35.9 Å². The van der Waals surface area contributed by atoms with Crippen molar-refractivity contribution in [2.24, 2.45) is 0 Å². The number of aryl methyl sites for hydroxylation is 2. The highest BCUT2D eigenvalue weighted by atomic mass is 32.2. The fourth-order valence-corrected chi connectivity index (χ4v) is 6.48. The number of hydrogen-bond acceptors (Lipinski definition) is 6. The monoisotopic (exact) mass is 412 g/mol. The smallest absolute Gasteiger partial charge is 0.189 e. The van der Waals surface area contributed by atoms with Crippen molar-refractivity contribution in [2.45, 2.75) is 76.4 Å². The van der Waals surface area contributed by atoms with Crippen molar-refractivity contribution in [1.29, 1.82) is 0 Å². The Bertz CT molecular complexity index is 1040. The average molecular weight is 413 g/mol. The van der Waals surface area contributed by atoms with E-state index in [2.05, 4.69) is 25.0 Å². The number of anilines is 1. The lowest BCUT2D eigenvalue weighted by atomic mass is 10.0. The summed E-state index contributed by atoms with van der Waals surface area (Å²) in [5.41, 5.74) is 5.54. The van der Waals surface area contributed by atoms with Crippen LogP contribution in [0.25, 0.3) is 20.4 Å². The number of pyridine rings is 1. The molecular weight excluding hydrogens is 384 g/mol. The lowest BCUT2D eigenvalue weighted by Crippen LogP contribution is -2.38. The highest BCUT2D eigenvalue weighted by molar-refractivity contribution is 7.98. The molecule has 1 fully saturated rings. The molecule has 0 unspecified atom stereocenters. The normalized spacial score (nSPS) is 19.7. The molecule has 0 N–H and O–H groups in total. The second kappa shape index (κ2) is 7.45. The predicted octanol–water partition coefficient (Wildman–Crippen LogP) is 5.78. The van der Waals surface area contributed by atoms with Crippen LogP contribution in [0.3, 0.4) is 0 Å². The Labute approximate surface area is 175 Å². The number of fused-ring (bicyclic) bond motifs is 5. The van der Waals surface area contributed by atoms with E-state index in [1.807, 2.05) is 11.3 Å². The van der Waals surface area contributed by atoms with Gasteiger partial charge in [0.05, 0.1) is 10.2 Å². The van der Waals surface area contributed by atoms with Gasteiger partial charge in [0.15, 0.2) is 11.0 Å². The lowest BCUT2D eigenvalue weighted by Gasteiger charge is -2.34. The van der Waals surface area contributed by atoms with Crippen LogP contribution in [0, 0.1) is 0 Å². The Morgan fingerprint density at radius 3 is 2.75 bits per heavy atom. The van der Waals surface area contributed by atoms with Gasteiger partial charge in [0.1, 0.15) is 4.83 Å². The number of piperidine rings is 1. The molecule has 0 spiro atoms. The molecule has 2 aliphatic rings. The van der Waals surface area contributed by atoms with Crippen LogP contribution in [0.1, 0.15) is 62.8 Å². The molecule has 1 aliphatic carbocycles. The van der Waals surface area contributed by atoms with E-state index in [4.69, 9.17) is 15.0 Å². The van der Waals surface area contributed by atoms with Crippen LogP contribution in [0.2, 0.25) is 0 Å². The van der Waals surface area contributed by atoms with Gasteiger partial charge in [-0.15, -0.1) is 11.3 Å². The van der Waals surface area contributed by atoms with Gasteiger partial charge in [0.2, 0.25) is 0 Å². The molecule has 6 heteroatoms. The summed E-state index contributed by atoms with van der Waals surface area (Å²) in [6.07, 6.45) is 11.8. The van der Waals surface area contributed by atoms with Crippen molar-refractivity contribution in [3.8, 4) is 0 Å². The van der Waals surface area contributed by atoms with E-state index in [0.29, 0.717) is 6.04 Å². The van der Waals surface area contributed by atoms with Crippen LogP contribution in [0.5, 0.6) is 0 Å². The molecule has 0 bridgehead atoms. The Hall–Kier alpha value is -1.40. The first-order valence-corrected chi connectivity index (χ1v) is 12.7. The lowest BCUT2D eigenvalue weighted by molar-refractivity contribution is 0.481. The second-order valence-corrected chi connectivity index (χ2v) is 9.92. The number of hydrogen-bond donors (Lipinski definition) is 0. The van der Waals surface area contributed by atoms with Gasteiger partial charge >= 0.3 is 0 Å². The minimum absolute atomic E-state index is 0.543. The summed E-state index contributed by atoms with van der Waals surface area (Å²) in [7, 11) is 0. The molecule has 3 aromatic heterocycles. The van der Waals surface area contributed by atoms with Crippen LogP contribution in [0.15, 0.2) is 5.16 Å². The minimum Gasteiger partial charge on any atom is -0.353 e. The van der Waals surface area contributed by atoms with Gasteiger partial charge < -0.3 is 4.90 Å². The summed E-state index contributed by atoms with van der Waals surface area (Å²) in [6.45, 7) is 5.70. The summed E-state index contributed by atoms with van der Waals surface area (Å²) in [4.78, 5) is 18.9. The highest BCUT2D eigenvalue weighted by Crippen LogP contribution is 2.43. The maximum absolute atomic E-state index is 5.16. The first-order chi connectivity index (χ1) is 13.7. The van der Waals surface area contributed by atoms with Crippen LogP contribution in [-0.4, -0.2) is 33.8 Å². The molecule has 0 aromatic carbocycles. The third-order valence-corrected chi connectivity index (χ3v) is 7.94. The third-order valence-electron chi connectivity index (χ3n) is 6.33. The Morgan fingerprint density at radius 1 is 1.11 bits per heavy atom. The summed E-state index contributed by atoms with van der Waals surface area (Å²) in [5.74, 6) is 1.15. The first kappa shape index (κ1) is 18.6. The van der Waals surface area contributed by atoms with Gasteiger partial charge in [-0.25, -0.2) is 15.0 Å². The zero-order valence-electron chi connectivity index (χ0n) is 17.0. The molecule has 1 saturated heterocycles. The van der Waals surface area contributed by atoms with Crippen molar-refractivity contribution >= 4 is 49.3 Å². The Balaban J connectivity index is 1.80. The van der Waals surface area contributed by atoms with Crippen LogP contribution in [0.4, 0.5) is 5.82 Å². The zero-order chi connectivity index (χ0) is 19.3. The van der Waals surface area contributed by atoms with E-state index < -0.39 is 0 Å². The number of nitrogens with zero attached hydrogens (tertiary/aromatic N) is 4. The molecule has 148 valence electrons. The van der Waals surface area contributed by atoms with E-state index >= 15 is 0 Å². The molecule has 0 saturated carbocycles. The van der Waals surface area contributed by atoms with E-state index in [9.17, 15) is 0 Å². The maximum Gasteiger partial charge on any atom is 0.189 e. The van der Waals surface area contributed by atoms with Crippen molar-refractivity contribution in [3.05, 3.63) is 16.8 Å². The van der Waals surface area contributed by atoms with Crippen molar-refractivity contribution < 1.29 is 0 Å². The SMILES string of the molecule is CCCc1nc2sc3c(N4CCCC[C@H]4C)nc(SC)nc3c2c2c1CCC2. The van der Waals surface area contributed by atoms with Crippen LogP contribution < -0.4 is 4.90 Å². The number of aromatic nitrogens is 3. The van der Waals surface area contributed by atoms with Gasteiger partial charge in [-0.05, 0) is 69.3 Å². The molecule has 1 aliphatic heterocycles. The van der Waals surface area contributed by atoms with Gasteiger partial charge in [0.25, 0.3) is 0 Å². The van der Waals surface area contributed by atoms with E-state index in [1.54, 1.807) is 11.8 Å². The topological polar surface area (TPSA) is 41.9 Å². The van der Waals surface area contributed by atoms with E-state index in [1.165, 1.54) is 70.3 Å². The summed E-state index contributed by atoms with van der Waals surface area (Å²) >= 11 is 3.48. The molecule has 28 heavy (non-hydrogen) atoms. The molecular formula is C22H28N4S2. The molecule has 4 nitrogen and oxygen atoms in total. The standard InChI is InChI=1S/C22H28N4S2/c1-4-8-16-14-10-7-11-15(14)17-18-19(28-21(17)23-16)20(25-22(24-18)27-3)26-12-6-5-9-13(26)2/h13H,4-12H2,1-3H3/t13-/m1/s1. The first-order valence-electron chi connectivity index (χ1n) is 10.7. The number of rotatable bonds is 4. The molecule has 0 amide bonds. The number of thiophene rings is 1. The van der Waals surface area contributed by atoms with Gasteiger partial charge in [-0.3, -0.25) is 0 Å². The van der Waals surface area contributed by atoms with Gasteiger partial charge in [-0.2, -0.15) is 0 Å². The molecule has 4 heterocycles. The zero-order valence-corrected chi connectivity index (χ0v) is 18.7. The summed E-state index contributed by atoms with van der Waals surface area (Å²) in [5, 5.41) is 2.22. The average Bonchev–Trinajstić information content (AvgIpc) is 3.32. The van der Waals surface area contributed by atoms with E-state index in [-0.39, 0.29) is 0 Å². The van der Waals surface area contributed by atoms with Crippen molar-refractivity contribution in [3.63, 3.8) is 0 Å². The highest BCUT2D eigenvalue weighted by Gasteiger charge is 2.28. The largest absolute Gasteiger partial charge is 0.353 e. The molecule has 0 radical (unpaired) electrons. The third kappa shape index (κ3) is 2.91. The molecule has 5 rings (SSSR count).